The Bertz CT molecular complexity index is 1760. The van der Waals surface area contributed by atoms with Gasteiger partial charge in [0, 0.05) is 29.6 Å². The maximum atomic E-state index is 13.5. The highest BCUT2D eigenvalue weighted by atomic mass is 32.2. The Morgan fingerprint density at radius 3 is 2.24 bits per heavy atom. The Hall–Kier alpha value is -5.20. The van der Waals surface area contributed by atoms with E-state index in [1.54, 1.807) is 72.8 Å². The molecular weight excluding hydrogens is 592 g/mol. The molecule has 0 saturated carbocycles. The zero-order valence-corrected chi connectivity index (χ0v) is 26.1. The number of rotatable bonds is 11. The molecule has 4 aromatic carbocycles. The minimum Gasteiger partial charge on any atom is -0.447 e. The van der Waals surface area contributed by atoms with Gasteiger partial charge in [-0.3, -0.25) is 5.43 Å². The standard InChI is InChI=1S/C33H36N6O5S/c1-38(2)20-21-44-33(41)36-31(34)26-12-9-13-28(22-26)37-39(23-24-10-5-4-6-11-24)32(40)35-27-18-16-25(17-19-27)29-14-7-8-15-30(29)45(3,42)43/h4-19,22,37H,20-21,23H2,1-3H3,(H,35,40)(H2,34,36,41). The largest absolute Gasteiger partial charge is 0.447 e. The van der Waals surface area contributed by atoms with Crippen LogP contribution in [0.5, 0.6) is 0 Å². The van der Waals surface area contributed by atoms with E-state index < -0.39 is 22.0 Å². The summed E-state index contributed by atoms with van der Waals surface area (Å²) in [5.74, 6) is -0.0231. The Labute approximate surface area is 263 Å². The van der Waals surface area contributed by atoms with Crippen molar-refractivity contribution in [3.8, 4) is 11.1 Å². The molecule has 0 aliphatic rings. The minimum absolute atomic E-state index is 0.0231. The molecule has 0 atom stereocenters. The van der Waals surface area contributed by atoms with Gasteiger partial charge in [0.05, 0.1) is 17.1 Å². The van der Waals surface area contributed by atoms with Crippen LogP contribution in [0.2, 0.25) is 0 Å². The molecule has 3 amide bonds. The average molecular weight is 629 g/mol. The fourth-order valence-electron chi connectivity index (χ4n) is 4.30. The number of carbonyl (C=O) groups excluding carboxylic acids is 2. The maximum Gasteiger partial charge on any atom is 0.435 e. The van der Waals surface area contributed by atoms with Crippen LogP contribution in [0.15, 0.2) is 113 Å². The molecule has 0 aliphatic heterocycles. The summed E-state index contributed by atoms with van der Waals surface area (Å²) in [5.41, 5.74) is 12.9. The van der Waals surface area contributed by atoms with Gasteiger partial charge in [-0.05, 0) is 55.6 Å². The van der Waals surface area contributed by atoms with E-state index in [-0.39, 0.29) is 23.9 Å². The molecule has 11 nitrogen and oxygen atoms in total. The first-order valence-corrected chi connectivity index (χ1v) is 15.9. The third kappa shape index (κ3) is 9.65. The predicted molar refractivity (Wildman–Crippen MR) is 177 cm³/mol. The Balaban J connectivity index is 1.51. The summed E-state index contributed by atoms with van der Waals surface area (Å²) < 4.78 is 29.6. The first kappa shape index (κ1) is 32.7. The van der Waals surface area contributed by atoms with Crippen LogP contribution in [-0.2, 0) is 21.1 Å². The molecule has 0 aliphatic carbocycles. The van der Waals surface area contributed by atoms with Crippen molar-refractivity contribution in [2.24, 2.45) is 10.7 Å². The van der Waals surface area contributed by atoms with Crippen molar-refractivity contribution in [1.82, 2.24) is 9.91 Å². The number of sulfone groups is 1. The number of amidine groups is 1. The lowest BCUT2D eigenvalue weighted by atomic mass is 10.1. The monoisotopic (exact) mass is 628 g/mol. The number of hydrogen-bond donors (Lipinski definition) is 3. The number of nitrogens with one attached hydrogen (secondary N) is 2. The molecular formula is C33H36N6O5S. The van der Waals surface area contributed by atoms with Crippen LogP contribution in [0.1, 0.15) is 11.1 Å². The van der Waals surface area contributed by atoms with Gasteiger partial charge in [-0.1, -0.05) is 72.8 Å². The minimum atomic E-state index is -3.43. The number of hydrazine groups is 1. The molecule has 234 valence electrons. The van der Waals surface area contributed by atoms with Crippen LogP contribution in [0.4, 0.5) is 21.0 Å². The van der Waals surface area contributed by atoms with Gasteiger partial charge in [0.25, 0.3) is 0 Å². The molecule has 0 radical (unpaired) electrons. The third-order valence-corrected chi connectivity index (χ3v) is 7.72. The number of anilines is 2. The highest BCUT2D eigenvalue weighted by Crippen LogP contribution is 2.28. The second-order valence-corrected chi connectivity index (χ2v) is 12.4. The van der Waals surface area contributed by atoms with Crippen molar-refractivity contribution < 1.29 is 22.7 Å². The van der Waals surface area contributed by atoms with Gasteiger partial charge >= 0.3 is 12.1 Å². The Morgan fingerprint density at radius 2 is 1.56 bits per heavy atom. The zero-order chi connectivity index (χ0) is 32.4. The molecule has 0 bridgehead atoms. The van der Waals surface area contributed by atoms with Crippen molar-refractivity contribution in [2.45, 2.75) is 11.4 Å². The number of nitrogens with two attached hydrogens (primary N) is 1. The molecule has 12 heteroatoms. The number of benzene rings is 4. The number of nitrogens with zero attached hydrogens (tertiary/aromatic N) is 3. The van der Waals surface area contributed by atoms with E-state index in [4.69, 9.17) is 10.5 Å². The first-order valence-electron chi connectivity index (χ1n) is 14.0. The molecule has 0 fully saturated rings. The summed E-state index contributed by atoms with van der Waals surface area (Å²) in [6, 6.07) is 29.6. The lowest BCUT2D eigenvalue weighted by molar-refractivity contribution is 0.147. The molecule has 4 N–H and O–H groups in total. The van der Waals surface area contributed by atoms with Crippen LogP contribution in [0.3, 0.4) is 0 Å². The molecule has 0 saturated heterocycles. The fraction of sp³-hybridized carbons (Fsp3) is 0.182. The number of urea groups is 1. The average Bonchev–Trinajstić information content (AvgIpc) is 3.01. The number of carbonyl (C=O) groups is 2. The van der Waals surface area contributed by atoms with E-state index >= 15 is 0 Å². The summed E-state index contributed by atoms with van der Waals surface area (Å²) in [6.45, 7) is 0.962. The molecule has 0 aromatic heterocycles. The topological polar surface area (TPSA) is 146 Å². The van der Waals surface area contributed by atoms with Gasteiger partial charge in [0.2, 0.25) is 0 Å². The summed E-state index contributed by atoms with van der Waals surface area (Å²) in [6.07, 6.45) is 0.385. The van der Waals surface area contributed by atoms with E-state index in [1.807, 2.05) is 49.3 Å². The van der Waals surface area contributed by atoms with Crippen molar-refractivity contribution in [2.75, 3.05) is 44.2 Å². The molecule has 4 aromatic rings. The summed E-state index contributed by atoms with van der Waals surface area (Å²) in [4.78, 5) is 31.6. The lowest BCUT2D eigenvalue weighted by Crippen LogP contribution is -2.39. The van der Waals surface area contributed by atoms with Gasteiger partial charge in [-0.15, -0.1) is 0 Å². The molecule has 0 heterocycles. The van der Waals surface area contributed by atoms with E-state index in [1.165, 1.54) is 11.3 Å². The van der Waals surface area contributed by atoms with Gasteiger partial charge in [0.15, 0.2) is 9.84 Å². The van der Waals surface area contributed by atoms with Crippen LogP contribution >= 0.6 is 0 Å². The zero-order valence-electron chi connectivity index (χ0n) is 25.3. The summed E-state index contributed by atoms with van der Waals surface area (Å²) in [5, 5.41) is 4.30. The van der Waals surface area contributed by atoms with E-state index in [0.717, 1.165) is 5.56 Å². The second-order valence-electron chi connectivity index (χ2n) is 10.5. The van der Waals surface area contributed by atoms with E-state index in [0.29, 0.717) is 34.6 Å². The SMILES string of the molecule is CN(C)CCOC(=O)/N=C(\N)c1cccc(NN(Cc2ccccc2)C(=O)Nc2ccc(-c3ccccc3S(C)(=O)=O)cc2)c1. The quantitative estimate of drug-likeness (QED) is 0.116. The molecule has 0 spiro atoms. The van der Waals surface area contributed by atoms with E-state index in [2.05, 4.69) is 15.7 Å². The molecule has 45 heavy (non-hydrogen) atoms. The highest BCUT2D eigenvalue weighted by Gasteiger charge is 2.17. The van der Waals surface area contributed by atoms with Gasteiger partial charge in [0.1, 0.15) is 12.4 Å². The van der Waals surface area contributed by atoms with E-state index in [9.17, 15) is 18.0 Å². The number of aliphatic imine (C=N–C) groups is 1. The number of amides is 3. The van der Waals surface area contributed by atoms with Crippen LogP contribution in [-0.4, -0.2) is 69.8 Å². The van der Waals surface area contributed by atoms with Gasteiger partial charge in [-0.25, -0.2) is 23.0 Å². The van der Waals surface area contributed by atoms with Crippen molar-refractivity contribution in [1.29, 1.82) is 0 Å². The van der Waals surface area contributed by atoms with Gasteiger partial charge < -0.3 is 20.7 Å². The fourth-order valence-corrected chi connectivity index (χ4v) is 5.21. The summed E-state index contributed by atoms with van der Waals surface area (Å²) in [7, 11) is 0.305. The number of hydrogen-bond acceptors (Lipinski definition) is 7. The van der Waals surface area contributed by atoms with Crippen molar-refractivity contribution in [3.05, 3.63) is 114 Å². The highest BCUT2D eigenvalue weighted by molar-refractivity contribution is 7.90. The van der Waals surface area contributed by atoms with Crippen molar-refractivity contribution >= 4 is 39.2 Å². The second kappa shape index (κ2) is 15.0. The van der Waals surface area contributed by atoms with Crippen LogP contribution < -0.4 is 16.5 Å². The smallest absolute Gasteiger partial charge is 0.435 e. The van der Waals surface area contributed by atoms with Crippen LogP contribution in [0, 0.1) is 0 Å². The Morgan fingerprint density at radius 1 is 0.867 bits per heavy atom. The lowest BCUT2D eigenvalue weighted by Gasteiger charge is -2.25. The maximum absolute atomic E-state index is 13.5. The number of ether oxygens (including phenoxy) is 1. The van der Waals surface area contributed by atoms with Gasteiger partial charge in [-0.2, -0.15) is 4.99 Å². The third-order valence-electron chi connectivity index (χ3n) is 6.56. The first-order chi connectivity index (χ1) is 21.5. The molecule has 4 rings (SSSR count). The van der Waals surface area contributed by atoms with Crippen molar-refractivity contribution in [3.63, 3.8) is 0 Å². The van der Waals surface area contributed by atoms with Crippen LogP contribution in [0.25, 0.3) is 11.1 Å². The molecule has 0 unspecified atom stereocenters. The summed E-state index contributed by atoms with van der Waals surface area (Å²) >= 11 is 0. The Kier molecular flexibility index (Phi) is 10.9. The normalized spacial score (nSPS) is 11.6. The number of likely N-dealkylation sites (N-methyl/N-ethyl adjacent to an activating group) is 1. The predicted octanol–water partition coefficient (Wildman–Crippen LogP) is 5.22.